The number of nitrogens with one attached hydrogen (secondary N) is 1. The van der Waals surface area contributed by atoms with Gasteiger partial charge in [0.15, 0.2) is 16.0 Å². The molecule has 1 atom stereocenters. The van der Waals surface area contributed by atoms with Gasteiger partial charge >= 0.3 is 0 Å². The molecule has 0 radical (unpaired) electrons. The van der Waals surface area contributed by atoms with E-state index in [0.717, 1.165) is 29.5 Å². The molecule has 2 aliphatic rings. The number of rotatable bonds is 2. The van der Waals surface area contributed by atoms with Crippen molar-refractivity contribution >= 4 is 38.4 Å². The van der Waals surface area contributed by atoms with Crippen LogP contribution >= 0.6 is 0 Å². The molecule has 3 heterocycles. The van der Waals surface area contributed by atoms with Crippen molar-refractivity contribution in [3.05, 3.63) is 42.1 Å². The lowest BCUT2D eigenvalue weighted by molar-refractivity contribution is -0.114. The summed E-state index contributed by atoms with van der Waals surface area (Å²) in [5.74, 6) is -0.360. The summed E-state index contributed by atoms with van der Waals surface area (Å²) in [4.78, 5) is 11.3. The minimum absolute atomic E-state index is 0.359. The van der Waals surface area contributed by atoms with Crippen LogP contribution in [0.2, 0.25) is 0 Å². The van der Waals surface area contributed by atoms with Gasteiger partial charge < -0.3 is 4.74 Å². The Morgan fingerprint density at radius 3 is 3.00 bits per heavy atom. The maximum atomic E-state index is 11.9. The van der Waals surface area contributed by atoms with Crippen LogP contribution in [0.3, 0.4) is 0 Å². The van der Waals surface area contributed by atoms with Crippen LogP contribution in [-0.2, 0) is 20.5 Å². The summed E-state index contributed by atoms with van der Waals surface area (Å²) in [7, 11) is -1.55. The van der Waals surface area contributed by atoms with Crippen LogP contribution in [0.1, 0.15) is 12.0 Å². The smallest absolute Gasteiger partial charge is 0.258 e. The molecule has 0 aliphatic carbocycles. The molecule has 1 amide bonds. The molecule has 1 N–H and O–H groups in total. The normalized spacial score (nSPS) is 21.6. The standard InChI is InChI=1S/C15H13N3O3S/c19-14-8-15(22(20)17-14)18-13-2-1-11(7-12(13)9-16-18)10-3-5-21-6-4-10/h1-3,7-9H,4-6H2,(H,17,19). The highest BCUT2D eigenvalue weighted by Gasteiger charge is 2.23. The van der Waals surface area contributed by atoms with Gasteiger partial charge in [0.25, 0.3) is 5.91 Å². The largest absolute Gasteiger partial charge is 0.377 e. The number of hydrogen-bond acceptors (Lipinski definition) is 4. The minimum Gasteiger partial charge on any atom is -0.377 e. The number of carbonyl (C=O) groups excluding carboxylic acids is 1. The number of carbonyl (C=O) groups is 1. The third kappa shape index (κ3) is 2.18. The molecule has 0 fully saturated rings. The summed E-state index contributed by atoms with van der Waals surface area (Å²) in [6, 6.07) is 6.02. The lowest BCUT2D eigenvalue weighted by atomic mass is 10.0. The monoisotopic (exact) mass is 315 g/mol. The van der Waals surface area contributed by atoms with E-state index in [1.807, 2.05) is 12.1 Å². The van der Waals surface area contributed by atoms with E-state index in [1.165, 1.54) is 11.6 Å². The van der Waals surface area contributed by atoms with E-state index in [-0.39, 0.29) is 5.91 Å². The molecular weight excluding hydrogens is 302 g/mol. The SMILES string of the molecule is O=C1C=C(n2ncc3cc(C4=CCOCC4)ccc32)S(=O)N1. The van der Waals surface area contributed by atoms with E-state index in [1.54, 1.807) is 10.9 Å². The lowest BCUT2D eigenvalue weighted by Crippen LogP contribution is -2.17. The predicted molar refractivity (Wildman–Crippen MR) is 83.7 cm³/mol. The van der Waals surface area contributed by atoms with Crippen LogP contribution in [0.5, 0.6) is 0 Å². The van der Waals surface area contributed by atoms with Crippen LogP contribution in [-0.4, -0.2) is 33.1 Å². The van der Waals surface area contributed by atoms with Gasteiger partial charge in [-0.3, -0.25) is 9.52 Å². The van der Waals surface area contributed by atoms with Crippen LogP contribution in [0.15, 0.2) is 36.5 Å². The van der Waals surface area contributed by atoms with Crippen molar-refractivity contribution < 1.29 is 13.7 Å². The van der Waals surface area contributed by atoms with E-state index < -0.39 is 11.0 Å². The molecule has 0 spiro atoms. The zero-order valence-corrected chi connectivity index (χ0v) is 12.4. The average molecular weight is 315 g/mol. The zero-order valence-electron chi connectivity index (χ0n) is 11.6. The molecule has 1 aromatic carbocycles. The second-order valence-electron chi connectivity index (χ2n) is 5.10. The highest BCUT2D eigenvalue weighted by atomic mass is 32.2. The number of nitrogens with zero attached hydrogens (tertiary/aromatic N) is 2. The van der Waals surface area contributed by atoms with Crippen molar-refractivity contribution in [3.63, 3.8) is 0 Å². The molecule has 0 bridgehead atoms. The molecule has 112 valence electrons. The van der Waals surface area contributed by atoms with Gasteiger partial charge in [0.05, 0.1) is 24.9 Å². The summed E-state index contributed by atoms with van der Waals surface area (Å²) in [6.07, 6.45) is 6.02. The van der Waals surface area contributed by atoms with E-state index in [0.29, 0.717) is 11.6 Å². The fourth-order valence-corrected chi connectivity index (χ4v) is 3.54. The Morgan fingerprint density at radius 2 is 2.27 bits per heavy atom. The van der Waals surface area contributed by atoms with Gasteiger partial charge in [0.2, 0.25) is 0 Å². The third-order valence-electron chi connectivity index (χ3n) is 3.75. The van der Waals surface area contributed by atoms with Gasteiger partial charge in [-0.15, -0.1) is 0 Å². The van der Waals surface area contributed by atoms with E-state index in [2.05, 4.69) is 22.0 Å². The highest BCUT2D eigenvalue weighted by molar-refractivity contribution is 7.93. The van der Waals surface area contributed by atoms with Gasteiger partial charge in [-0.25, -0.2) is 8.89 Å². The molecule has 1 unspecified atom stereocenters. The maximum absolute atomic E-state index is 11.9. The van der Waals surface area contributed by atoms with Crippen LogP contribution in [0, 0.1) is 0 Å². The van der Waals surface area contributed by atoms with Crippen LogP contribution in [0.4, 0.5) is 0 Å². The Hall–Kier alpha value is -2.25. The van der Waals surface area contributed by atoms with Crippen LogP contribution in [0.25, 0.3) is 21.5 Å². The Bertz CT molecular complexity index is 866. The number of aromatic nitrogens is 2. The lowest BCUT2D eigenvalue weighted by Gasteiger charge is -2.13. The Morgan fingerprint density at radius 1 is 1.36 bits per heavy atom. The van der Waals surface area contributed by atoms with E-state index in [9.17, 15) is 9.00 Å². The van der Waals surface area contributed by atoms with Crippen molar-refractivity contribution in [2.24, 2.45) is 0 Å². The second-order valence-corrected chi connectivity index (χ2v) is 6.26. The van der Waals surface area contributed by atoms with Gasteiger partial charge in [-0.05, 0) is 29.7 Å². The van der Waals surface area contributed by atoms with Gasteiger partial charge in [-0.2, -0.15) is 5.10 Å². The molecule has 6 nitrogen and oxygen atoms in total. The van der Waals surface area contributed by atoms with Crippen molar-refractivity contribution in [2.75, 3.05) is 13.2 Å². The topological polar surface area (TPSA) is 73.2 Å². The summed E-state index contributed by atoms with van der Waals surface area (Å²) < 4.78 is 21.1. The Balaban J connectivity index is 1.78. The first-order valence-electron chi connectivity index (χ1n) is 6.92. The first-order valence-corrected chi connectivity index (χ1v) is 8.07. The van der Waals surface area contributed by atoms with E-state index >= 15 is 0 Å². The summed E-state index contributed by atoms with van der Waals surface area (Å²) in [5.41, 5.74) is 3.24. The van der Waals surface area contributed by atoms with Gasteiger partial charge in [0, 0.05) is 11.5 Å². The number of amides is 1. The maximum Gasteiger partial charge on any atom is 0.258 e. The quantitative estimate of drug-likeness (QED) is 0.910. The number of fused-ring (bicyclic) bond motifs is 1. The van der Waals surface area contributed by atoms with E-state index in [4.69, 9.17) is 4.74 Å². The number of benzene rings is 1. The van der Waals surface area contributed by atoms with Gasteiger partial charge in [0.1, 0.15) is 0 Å². The summed E-state index contributed by atoms with van der Waals surface area (Å²) >= 11 is 0. The first kappa shape index (κ1) is 13.4. The fraction of sp³-hybridized carbons (Fsp3) is 0.200. The molecule has 2 aromatic rings. The summed E-state index contributed by atoms with van der Waals surface area (Å²) in [5, 5.41) is 5.57. The van der Waals surface area contributed by atoms with Crippen molar-refractivity contribution in [1.29, 1.82) is 0 Å². The average Bonchev–Trinajstić information content (AvgIpc) is 3.10. The highest BCUT2D eigenvalue weighted by Crippen LogP contribution is 2.27. The molecule has 0 saturated carbocycles. The van der Waals surface area contributed by atoms with Crippen molar-refractivity contribution in [2.45, 2.75) is 6.42 Å². The summed E-state index contributed by atoms with van der Waals surface area (Å²) in [6.45, 7) is 1.38. The molecule has 7 heteroatoms. The zero-order chi connectivity index (χ0) is 15.1. The third-order valence-corrected chi connectivity index (χ3v) is 4.81. The first-order chi connectivity index (χ1) is 10.7. The molecule has 2 aliphatic heterocycles. The molecule has 1 aromatic heterocycles. The van der Waals surface area contributed by atoms with Crippen LogP contribution < -0.4 is 4.72 Å². The van der Waals surface area contributed by atoms with Crippen molar-refractivity contribution in [1.82, 2.24) is 14.5 Å². The molecule has 4 rings (SSSR count). The number of ether oxygens (including phenoxy) is 1. The van der Waals surface area contributed by atoms with Crippen molar-refractivity contribution in [3.8, 4) is 0 Å². The number of hydrogen-bond donors (Lipinski definition) is 1. The predicted octanol–water partition coefficient (Wildman–Crippen LogP) is 1.43. The molecule has 22 heavy (non-hydrogen) atoms. The Kier molecular flexibility index (Phi) is 3.16. The Labute approximate surface area is 129 Å². The molecular formula is C15H13N3O3S. The fourth-order valence-electron chi connectivity index (χ4n) is 2.68. The van der Waals surface area contributed by atoms with Gasteiger partial charge in [-0.1, -0.05) is 12.1 Å². The second kappa shape index (κ2) is 5.19. The molecule has 0 saturated heterocycles. The minimum atomic E-state index is -1.55.